The lowest BCUT2D eigenvalue weighted by Crippen LogP contribution is -2.16. The first-order valence-corrected chi connectivity index (χ1v) is 5.76. The van der Waals surface area contributed by atoms with Crippen molar-refractivity contribution in [3.63, 3.8) is 0 Å². The van der Waals surface area contributed by atoms with E-state index in [1.165, 1.54) is 0 Å². The molecular weight excluding hydrogens is 303 g/mol. The number of nitrogens with zero attached hydrogens (tertiary/aromatic N) is 1. The van der Waals surface area contributed by atoms with Gasteiger partial charge in [-0.15, -0.1) is 0 Å². The molecule has 0 unspecified atom stereocenters. The van der Waals surface area contributed by atoms with Crippen LogP contribution in [0.2, 0.25) is 0 Å². The van der Waals surface area contributed by atoms with Crippen LogP contribution in [0.15, 0.2) is 29.4 Å². The largest absolute Gasteiger partial charge is 0.277 e. The molecule has 1 aromatic rings. The van der Waals surface area contributed by atoms with Crippen molar-refractivity contribution in [1.29, 1.82) is 0 Å². The molecule has 4 heteroatoms. The average molecular weight is 316 g/mol. The summed E-state index contributed by atoms with van der Waals surface area (Å²) in [6.07, 6.45) is 0.582. The summed E-state index contributed by atoms with van der Waals surface area (Å²) in [5, 5.41) is 4.07. The molecule has 0 saturated heterocycles. The highest BCUT2D eigenvalue weighted by Crippen LogP contribution is 2.16. The molecule has 0 saturated carbocycles. The van der Waals surface area contributed by atoms with Crippen molar-refractivity contribution in [2.24, 2.45) is 11.0 Å². The van der Waals surface area contributed by atoms with E-state index in [0.29, 0.717) is 6.41 Å². The van der Waals surface area contributed by atoms with Gasteiger partial charge < -0.3 is 0 Å². The number of nitrogens with one attached hydrogen (secondary N) is 1. The number of hydrogen-bond acceptors (Lipinski definition) is 2. The number of amides is 1. The highest BCUT2D eigenvalue weighted by molar-refractivity contribution is 14.1. The standard InChI is InChI=1S/C11H13IN2O/c1-8(2)11(14-13-7-15)9-5-3-4-6-10(9)12/h3-8H,1-2H3,(H,13,15). The Morgan fingerprint density at radius 3 is 2.67 bits per heavy atom. The SMILES string of the molecule is CC(C)C(=NNC=O)c1ccccc1I. The third-order valence-corrected chi connectivity index (χ3v) is 2.88. The minimum atomic E-state index is 0.272. The molecular formula is C11H13IN2O. The molecule has 1 amide bonds. The van der Waals surface area contributed by atoms with E-state index < -0.39 is 0 Å². The number of carbonyl (C=O) groups excluding carboxylic acids is 1. The second kappa shape index (κ2) is 5.85. The Labute approximate surface area is 103 Å². The predicted molar refractivity (Wildman–Crippen MR) is 69.7 cm³/mol. The molecule has 0 radical (unpaired) electrons. The zero-order valence-corrected chi connectivity index (χ0v) is 10.9. The molecule has 3 nitrogen and oxygen atoms in total. The summed E-state index contributed by atoms with van der Waals surface area (Å²) in [5.74, 6) is 0.272. The summed E-state index contributed by atoms with van der Waals surface area (Å²) in [6.45, 7) is 4.10. The molecule has 0 bridgehead atoms. The van der Waals surface area contributed by atoms with Gasteiger partial charge in [-0.3, -0.25) is 4.79 Å². The van der Waals surface area contributed by atoms with Crippen LogP contribution in [0.1, 0.15) is 19.4 Å². The zero-order chi connectivity index (χ0) is 11.3. The second-order valence-electron chi connectivity index (χ2n) is 3.38. The van der Waals surface area contributed by atoms with Gasteiger partial charge in [-0.25, -0.2) is 5.43 Å². The number of benzene rings is 1. The van der Waals surface area contributed by atoms with Crippen molar-refractivity contribution in [2.75, 3.05) is 0 Å². The Bertz CT molecular complexity index is 375. The van der Waals surface area contributed by atoms with Crippen molar-refractivity contribution in [2.45, 2.75) is 13.8 Å². The normalized spacial score (nSPS) is 11.6. The van der Waals surface area contributed by atoms with Gasteiger partial charge in [-0.05, 0) is 34.6 Å². The van der Waals surface area contributed by atoms with E-state index in [1.54, 1.807) is 0 Å². The lowest BCUT2D eigenvalue weighted by molar-refractivity contribution is -0.109. The zero-order valence-electron chi connectivity index (χ0n) is 8.70. The Kier molecular flexibility index (Phi) is 4.74. The van der Waals surface area contributed by atoms with Gasteiger partial charge in [-0.2, -0.15) is 5.10 Å². The second-order valence-corrected chi connectivity index (χ2v) is 4.54. The first-order chi connectivity index (χ1) is 7.16. The van der Waals surface area contributed by atoms with Crippen LogP contribution in [-0.2, 0) is 4.79 Å². The van der Waals surface area contributed by atoms with Gasteiger partial charge in [-0.1, -0.05) is 32.0 Å². The predicted octanol–water partition coefficient (Wildman–Crippen LogP) is 2.40. The fourth-order valence-corrected chi connectivity index (χ4v) is 1.93. The van der Waals surface area contributed by atoms with E-state index in [-0.39, 0.29) is 5.92 Å². The highest BCUT2D eigenvalue weighted by Gasteiger charge is 2.11. The van der Waals surface area contributed by atoms with Gasteiger partial charge in [0, 0.05) is 9.13 Å². The minimum absolute atomic E-state index is 0.272. The highest BCUT2D eigenvalue weighted by atomic mass is 127. The fourth-order valence-electron chi connectivity index (χ4n) is 1.27. The van der Waals surface area contributed by atoms with Crippen molar-refractivity contribution in [3.05, 3.63) is 33.4 Å². The van der Waals surface area contributed by atoms with Crippen LogP contribution in [0.3, 0.4) is 0 Å². The molecule has 0 atom stereocenters. The topological polar surface area (TPSA) is 41.5 Å². The van der Waals surface area contributed by atoms with Gasteiger partial charge in [0.15, 0.2) is 0 Å². The van der Waals surface area contributed by atoms with E-state index in [9.17, 15) is 4.79 Å². The van der Waals surface area contributed by atoms with Crippen LogP contribution >= 0.6 is 22.6 Å². The molecule has 15 heavy (non-hydrogen) atoms. The Morgan fingerprint density at radius 1 is 1.47 bits per heavy atom. The summed E-state index contributed by atoms with van der Waals surface area (Å²) in [5.41, 5.74) is 4.33. The summed E-state index contributed by atoms with van der Waals surface area (Å²) in [4.78, 5) is 10.2. The molecule has 0 heterocycles. The summed E-state index contributed by atoms with van der Waals surface area (Å²) in [7, 11) is 0. The van der Waals surface area contributed by atoms with Crippen LogP contribution in [0.4, 0.5) is 0 Å². The molecule has 1 N–H and O–H groups in total. The van der Waals surface area contributed by atoms with Gasteiger partial charge in [0.05, 0.1) is 5.71 Å². The van der Waals surface area contributed by atoms with Gasteiger partial charge in [0.2, 0.25) is 6.41 Å². The fraction of sp³-hybridized carbons (Fsp3) is 0.273. The van der Waals surface area contributed by atoms with E-state index in [1.807, 2.05) is 38.1 Å². The third-order valence-electron chi connectivity index (χ3n) is 1.93. The molecule has 0 fully saturated rings. The minimum Gasteiger partial charge on any atom is -0.277 e. The molecule has 80 valence electrons. The van der Waals surface area contributed by atoms with Crippen molar-refractivity contribution in [1.82, 2.24) is 5.43 Å². The molecule has 0 aliphatic carbocycles. The van der Waals surface area contributed by atoms with E-state index in [0.717, 1.165) is 14.8 Å². The van der Waals surface area contributed by atoms with E-state index in [4.69, 9.17) is 0 Å². The Balaban J connectivity index is 3.10. The van der Waals surface area contributed by atoms with Crippen LogP contribution < -0.4 is 5.43 Å². The van der Waals surface area contributed by atoms with Gasteiger partial charge in [0.1, 0.15) is 0 Å². The number of carbonyl (C=O) groups is 1. The Hall–Kier alpha value is -0.910. The van der Waals surface area contributed by atoms with Gasteiger partial charge >= 0.3 is 0 Å². The number of hydrazone groups is 1. The van der Waals surface area contributed by atoms with E-state index >= 15 is 0 Å². The lowest BCUT2D eigenvalue weighted by Gasteiger charge is -2.11. The maximum Gasteiger partial charge on any atom is 0.227 e. The van der Waals surface area contributed by atoms with Crippen molar-refractivity contribution >= 4 is 34.7 Å². The number of hydrogen-bond donors (Lipinski definition) is 1. The van der Waals surface area contributed by atoms with Crippen LogP contribution in [0.5, 0.6) is 0 Å². The summed E-state index contributed by atoms with van der Waals surface area (Å²) < 4.78 is 1.13. The molecule has 0 spiro atoms. The van der Waals surface area contributed by atoms with Crippen LogP contribution in [-0.4, -0.2) is 12.1 Å². The number of rotatable bonds is 4. The van der Waals surface area contributed by atoms with Crippen LogP contribution in [0.25, 0.3) is 0 Å². The quantitative estimate of drug-likeness (QED) is 0.394. The van der Waals surface area contributed by atoms with Gasteiger partial charge in [0.25, 0.3) is 0 Å². The molecule has 0 aliphatic rings. The maximum absolute atomic E-state index is 10.2. The average Bonchev–Trinajstić information content (AvgIpc) is 2.20. The van der Waals surface area contributed by atoms with Crippen molar-refractivity contribution < 1.29 is 4.79 Å². The van der Waals surface area contributed by atoms with Crippen molar-refractivity contribution in [3.8, 4) is 0 Å². The maximum atomic E-state index is 10.2. The molecule has 1 rings (SSSR count). The third kappa shape index (κ3) is 3.30. The molecule has 0 aliphatic heterocycles. The smallest absolute Gasteiger partial charge is 0.227 e. The summed E-state index contributed by atoms with van der Waals surface area (Å²) in [6, 6.07) is 7.98. The molecule has 0 aromatic heterocycles. The Morgan fingerprint density at radius 2 is 2.13 bits per heavy atom. The summed E-state index contributed by atoms with van der Waals surface area (Å²) >= 11 is 2.26. The number of halogens is 1. The monoisotopic (exact) mass is 316 g/mol. The molecule has 1 aromatic carbocycles. The van der Waals surface area contributed by atoms with Crippen LogP contribution in [0, 0.1) is 9.49 Å². The lowest BCUT2D eigenvalue weighted by atomic mass is 10.0. The van der Waals surface area contributed by atoms with E-state index in [2.05, 4.69) is 33.1 Å². The first-order valence-electron chi connectivity index (χ1n) is 4.68. The first kappa shape index (κ1) is 12.2.